The number of fused-ring (bicyclic) bond motifs is 7. The Kier molecular flexibility index (Phi) is 5.57. The van der Waals surface area contributed by atoms with E-state index in [1.54, 1.807) is 0 Å². The molecular weight excluding hydrogens is 571 g/mol. The van der Waals surface area contributed by atoms with Crippen molar-refractivity contribution in [3.63, 3.8) is 0 Å². The molecule has 47 heavy (non-hydrogen) atoms. The number of hydrogen-bond acceptors (Lipinski definition) is 2. The third-order valence-electron chi connectivity index (χ3n) is 9.55. The Hall–Kier alpha value is -6.32. The average Bonchev–Trinajstić information content (AvgIpc) is 3.66. The first-order chi connectivity index (χ1) is 23.3. The monoisotopic (exact) mass is 597 g/mol. The summed E-state index contributed by atoms with van der Waals surface area (Å²) in [5.74, 6) is 0.720. The van der Waals surface area contributed by atoms with Crippen LogP contribution in [0.15, 0.2) is 164 Å². The second kappa shape index (κ2) is 10.1. The molecule has 0 atom stereocenters. The van der Waals surface area contributed by atoms with Crippen molar-refractivity contribution >= 4 is 32.6 Å². The van der Waals surface area contributed by atoms with E-state index in [0.717, 1.165) is 39.6 Å². The van der Waals surface area contributed by atoms with Crippen LogP contribution in [0, 0.1) is 0 Å². The van der Waals surface area contributed by atoms with E-state index in [-0.39, 0.29) is 0 Å². The Morgan fingerprint density at radius 3 is 1.81 bits per heavy atom. The minimum absolute atomic E-state index is 0.720. The molecule has 0 unspecified atom stereocenters. The predicted molar refractivity (Wildman–Crippen MR) is 195 cm³/mol. The molecule has 0 fully saturated rings. The van der Waals surface area contributed by atoms with Gasteiger partial charge in [0.05, 0.1) is 22.4 Å². The summed E-state index contributed by atoms with van der Waals surface area (Å²) in [5.41, 5.74) is 13.7. The molecule has 0 radical (unpaired) electrons. The number of benzene rings is 7. The molecule has 1 aliphatic rings. The average molecular weight is 598 g/mol. The molecule has 1 aliphatic carbocycles. The van der Waals surface area contributed by atoms with E-state index in [1.807, 2.05) is 24.3 Å². The highest BCUT2D eigenvalue weighted by molar-refractivity contribution is 6.24. The van der Waals surface area contributed by atoms with Gasteiger partial charge in [-0.1, -0.05) is 140 Å². The molecule has 0 amide bonds. The van der Waals surface area contributed by atoms with Crippen molar-refractivity contribution in [3.8, 4) is 61.8 Å². The van der Waals surface area contributed by atoms with Gasteiger partial charge in [0.15, 0.2) is 5.82 Å². The van der Waals surface area contributed by atoms with Gasteiger partial charge in [-0.05, 0) is 51.7 Å². The Balaban J connectivity index is 1.17. The number of hydrogen-bond donors (Lipinski definition) is 0. The van der Waals surface area contributed by atoms with Crippen molar-refractivity contribution in [2.45, 2.75) is 0 Å². The second-order valence-electron chi connectivity index (χ2n) is 12.2. The van der Waals surface area contributed by atoms with Crippen molar-refractivity contribution in [1.82, 2.24) is 14.5 Å². The highest BCUT2D eigenvalue weighted by atomic mass is 15.0. The van der Waals surface area contributed by atoms with Crippen molar-refractivity contribution < 1.29 is 0 Å². The lowest BCUT2D eigenvalue weighted by Gasteiger charge is -2.13. The molecule has 0 aliphatic heterocycles. The van der Waals surface area contributed by atoms with Gasteiger partial charge in [0.2, 0.25) is 0 Å². The summed E-state index contributed by atoms with van der Waals surface area (Å²) in [6, 6.07) is 58.2. The first kappa shape index (κ1) is 26.0. The molecule has 0 bridgehead atoms. The lowest BCUT2D eigenvalue weighted by atomic mass is 10.00. The summed E-state index contributed by atoms with van der Waals surface area (Å²) in [7, 11) is 0. The van der Waals surface area contributed by atoms with E-state index in [1.165, 1.54) is 54.8 Å². The number of aromatic nitrogens is 3. The summed E-state index contributed by atoms with van der Waals surface area (Å²) >= 11 is 0. The summed E-state index contributed by atoms with van der Waals surface area (Å²) in [6.07, 6.45) is 0. The molecule has 3 heteroatoms. The maximum atomic E-state index is 5.07. The standard InChI is InChI=1S/C44H27N3/c1-3-11-28(12-4-1)38-27-39(46-44(45-38)31-13-5-2-6-14-31)29-21-23-32(24-22-29)47-40-20-8-7-17-33(40)36-26-25-35-34-18-9-15-30-16-10-19-37(41(30)34)42(35)43(36)47/h1-27H. The normalized spacial score (nSPS) is 11.8. The molecule has 2 aromatic heterocycles. The predicted octanol–water partition coefficient (Wildman–Crippen LogP) is 11.4. The zero-order valence-corrected chi connectivity index (χ0v) is 25.4. The summed E-state index contributed by atoms with van der Waals surface area (Å²) < 4.78 is 2.45. The van der Waals surface area contributed by atoms with Gasteiger partial charge in [0.1, 0.15) is 0 Å². The summed E-state index contributed by atoms with van der Waals surface area (Å²) in [6.45, 7) is 0. The van der Waals surface area contributed by atoms with Gasteiger partial charge >= 0.3 is 0 Å². The fourth-order valence-electron chi connectivity index (χ4n) is 7.45. The Morgan fingerprint density at radius 2 is 1.06 bits per heavy atom. The van der Waals surface area contributed by atoms with E-state index < -0.39 is 0 Å². The maximum absolute atomic E-state index is 5.07. The van der Waals surface area contributed by atoms with E-state index in [0.29, 0.717) is 0 Å². The van der Waals surface area contributed by atoms with Crippen LogP contribution in [-0.2, 0) is 0 Å². The van der Waals surface area contributed by atoms with Crippen LogP contribution >= 0.6 is 0 Å². The SMILES string of the molecule is c1ccc(-c2cc(-c3ccc(-n4c5ccccc5c5ccc6c(c54)-c4cccc5cccc-6c45)cc3)nc(-c3ccccc3)n2)cc1. The smallest absolute Gasteiger partial charge is 0.160 e. The number of rotatable bonds is 4. The van der Waals surface area contributed by atoms with Crippen LogP contribution in [0.25, 0.3) is 94.4 Å². The third-order valence-corrected chi connectivity index (χ3v) is 9.55. The van der Waals surface area contributed by atoms with Gasteiger partial charge in [-0.3, -0.25) is 0 Å². The molecule has 0 spiro atoms. The zero-order valence-electron chi connectivity index (χ0n) is 25.4. The fraction of sp³-hybridized carbons (Fsp3) is 0. The van der Waals surface area contributed by atoms with Crippen LogP contribution < -0.4 is 0 Å². The zero-order chi connectivity index (χ0) is 30.9. The maximum Gasteiger partial charge on any atom is 0.160 e. The second-order valence-corrected chi connectivity index (χ2v) is 12.2. The summed E-state index contributed by atoms with van der Waals surface area (Å²) in [5, 5.41) is 5.15. The molecule has 218 valence electrons. The largest absolute Gasteiger partial charge is 0.309 e. The van der Waals surface area contributed by atoms with Gasteiger partial charge in [-0.2, -0.15) is 0 Å². The van der Waals surface area contributed by atoms with E-state index >= 15 is 0 Å². The highest BCUT2D eigenvalue weighted by Crippen LogP contribution is 2.51. The molecule has 10 rings (SSSR count). The molecule has 0 saturated heterocycles. The van der Waals surface area contributed by atoms with E-state index in [2.05, 4.69) is 144 Å². The molecule has 0 saturated carbocycles. The van der Waals surface area contributed by atoms with Gasteiger partial charge < -0.3 is 4.57 Å². The minimum Gasteiger partial charge on any atom is -0.309 e. The van der Waals surface area contributed by atoms with Crippen molar-refractivity contribution in [2.75, 3.05) is 0 Å². The summed E-state index contributed by atoms with van der Waals surface area (Å²) in [4.78, 5) is 10.0. The first-order valence-electron chi connectivity index (χ1n) is 16.0. The number of nitrogens with zero attached hydrogens (tertiary/aromatic N) is 3. The molecule has 7 aromatic carbocycles. The van der Waals surface area contributed by atoms with E-state index in [9.17, 15) is 0 Å². The number of para-hydroxylation sites is 1. The lowest BCUT2D eigenvalue weighted by molar-refractivity contribution is 1.17. The highest BCUT2D eigenvalue weighted by Gasteiger charge is 2.26. The first-order valence-corrected chi connectivity index (χ1v) is 16.0. The Bertz CT molecular complexity index is 2590. The van der Waals surface area contributed by atoms with Crippen LogP contribution in [-0.4, -0.2) is 14.5 Å². The van der Waals surface area contributed by atoms with Gasteiger partial charge in [-0.15, -0.1) is 0 Å². The van der Waals surface area contributed by atoms with E-state index in [4.69, 9.17) is 9.97 Å². The van der Waals surface area contributed by atoms with Crippen LogP contribution in [0.4, 0.5) is 0 Å². The third kappa shape index (κ3) is 3.93. The van der Waals surface area contributed by atoms with Crippen LogP contribution in [0.5, 0.6) is 0 Å². The quantitative estimate of drug-likeness (QED) is 0.202. The molecule has 2 heterocycles. The fourth-order valence-corrected chi connectivity index (χ4v) is 7.45. The van der Waals surface area contributed by atoms with Crippen molar-refractivity contribution in [3.05, 3.63) is 164 Å². The molecule has 0 N–H and O–H groups in total. The van der Waals surface area contributed by atoms with Gasteiger partial charge in [-0.25, -0.2) is 9.97 Å². The Morgan fingerprint density at radius 1 is 0.426 bits per heavy atom. The topological polar surface area (TPSA) is 30.7 Å². The lowest BCUT2D eigenvalue weighted by Crippen LogP contribution is -1.97. The van der Waals surface area contributed by atoms with Crippen LogP contribution in [0.2, 0.25) is 0 Å². The molecule has 3 nitrogen and oxygen atoms in total. The van der Waals surface area contributed by atoms with Gasteiger partial charge in [0, 0.05) is 38.7 Å². The minimum atomic E-state index is 0.720. The Labute approximate surface area is 272 Å². The van der Waals surface area contributed by atoms with Crippen molar-refractivity contribution in [2.24, 2.45) is 0 Å². The molecular formula is C44H27N3. The van der Waals surface area contributed by atoms with Crippen LogP contribution in [0.3, 0.4) is 0 Å². The van der Waals surface area contributed by atoms with Crippen LogP contribution in [0.1, 0.15) is 0 Å². The molecule has 9 aromatic rings. The van der Waals surface area contributed by atoms with Crippen molar-refractivity contribution in [1.29, 1.82) is 0 Å². The van der Waals surface area contributed by atoms with Gasteiger partial charge in [0.25, 0.3) is 0 Å².